The van der Waals surface area contributed by atoms with Crippen LogP contribution in [0.4, 0.5) is 12.9 Å². The van der Waals surface area contributed by atoms with Crippen LogP contribution in [0.3, 0.4) is 0 Å². The van der Waals surface area contributed by atoms with Gasteiger partial charge in [0, 0.05) is 12.7 Å². The minimum absolute atomic E-state index is 0. The number of rotatable bonds is 1. The van der Waals surface area contributed by atoms with Gasteiger partial charge in [-0.05, 0) is 13.1 Å². The predicted octanol–water partition coefficient (Wildman–Crippen LogP) is -2.21. The monoisotopic (exact) mass is 202 g/mol. The Bertz CT molecular complexity index is 270. The summed E-state index contributed by atoms with van der Waals surface area (Å²) >= 11 is 0. The number of nitrogens with zero attached hydrogens (tertiary/aromatic N) is 2. The van der Waals surface area contributed by atoms with Crippen LogP contribution in [0, 0.1) is 6.92 Å². The molecule has 12 heavy (non-hydrogen) atoms. The molecule has 0 aliphatic carbocycles. The van der Waals surface area contributed by atoms with Crippen LogP contribution in [-0.2, 0) is 7.05 Å². The average Bonchev–Trinajstić information content (AvgIpc) is 2.08. The number of aryl methyl sites for hydroxylation is 2. The first-order valence-corrected chi connectivity index (χ1v) is 3.11. The molecule has 0 spiro atoms. The van der Waals surface area contributed by atoms with Crippen LogP contribution < -0.4 is 56.8 Å². The Morgan fingerprint density at radius 3 is 2.08 bits per heavy atom. The Hall–Kier alpha value is 0.701. The minimum atomic E-state index is -4.89. The summed E-state index contributed by atoms with van der Waals surface area (Å²) in [5.41, 5.74) is -0.562. The van der Waals surface area contributed by atoms with Crippen LogP contribution in [0.25, 0.3) is 0 Å². The van der Waals surface area contributed by atoms with Gasteiger partial charge in [0.25, 0.3) is 0 Å². The summed E-state index contributed by atoms with van der Waals surface area (Å²) in [5, 5.41) is 3.59. The fourth-order valence-electron chi connectivity index (χ4n) is 0.939. The Morgan fingerprint density at radius 1 is 1.42 bits per heavy atom. The fourth-order valence-corrected chi connectivity index (χ4v) is 0.939. The summed E-state index contributed by atoms with van der Waals surface area (Å²) in [6.45, 7) is -3.54. The zero-order chi connectivity index (χ0) is 8.65. The number of halogens is 3. The van der Waals surface area contributed by atoms with E-state index in [2.05, 4.69) is 5.10 Å². The molecule has 0 atom stereocenters. The van der Waals surface area contributed by atoms with E-state index in [9.17, 15) is 12.9 Å². The molecule has 0 radical (unpaired) electrons. The van der Waals surface area contributed by atoms with Crippen LogP contribution in [0.2, 0.25) is 0 Å². The largest absolute Gasteiger partial charge is 1.00 e. The zero-order valence-electron chi connectivity index (χ0n) is 7.18. The van der Waals surface area contributed by atoms with Crippen molar-refractivity contribution >= 4 is 12.4 Å². The van der Waals surface area contributed by atoms with E-state index in [0.717, 1.165) is 6.20 Å². The van der Waals surface area contributed by atoms with Gasteiger partial charge in [-0.15, -0.1) is 0 Å². The van der Waals surface area contributed by atoms with Gasteiger partial charge in [0.05, 0.1) is 0 Å². The molecule has 7 heteroatoms. The van der Waals surface area contributed by atoms with Gasteiger partial charge < -0.3 is 12.9 Å². The van der Waals surface area contributed by atoms with Crippen molar-refractivity contribution in [1.29, 1.82) is 0 Å². The summed E-state index contributed by atoms with van der Waals surface area (Å²) in [5.74, 6) is 0. The smallest absolute Gasteiger partial charge is 0.445 e. The van der Waals surface area contributed by atoms with Gasteiger partial charge in [-0.1, -0.05) is 5.46 Å². The molecular weight excluding hydrogens is 195 g/mol. The molecule has 62 valence electrons. The third-order valence-electron chi connectivity index (χ3n) is 1.40. The molecule has 0 aliphatic heterocycles. The van der Waals surface area contributed by atoms with Crippen molar-refractivity contribution in [2.24, 2.45) is 7.05 Å². The minimum Gasteiger partial charge on any atom is -0.445 e. The summed E-state index contributed by atoms with van der Waals surface area (Å²) < 4.78 is 37.4. The molecule has 0 aliphatic rings. The van der Waals surface area contributed by atoms with E-state index in [1.54, 1.807) is 0 Å². The maximum atomic E-state index is 12.1. The van der Waals surface area contributed by atoms with Crippen LogP contribution >= 0.6 is 0 Å². The van der Waals surface area contributed by atoms with Crippen LogP contribution in [0.1, 0.15) is 5.69 Å². The summed E-state index contributed by atoms with van der Waals surface area (Å²) in [6.07, 6.45) is 0.995. The summed E-state index contributed by atoms with van der Waals surface area (Å²) in [6, 6.07) is 0. The van der Waals surface area contributed by atoms with E-state index in [1.807, 2.05) is 0 Å². The first-order valence-electron chi connectivity index (χ1n) is 3.11. The van der Waals surface area contributed by atoms with E-state index in [-0.39, 0.29) is 57.1 Å². The Kier molecular flexibility index (Phi) is 4.53. The third-order valence-corrected chi connectivity index (χ3v) is 1.40. The second-order valence-corrected chi connectivity index (χ2v) is 2.42. The molecule has 0 fully saturated rings. The number of hydrogen-bond donors (Lipinski definition) is 0. The van der Waals surface area contributed by atoms with Crippen LogP contribution in [-0.4, -0.2) is 16.8 Å². The summed E-state index contributed by atoms with van der Waals surface area (Å²) in [4.78, 5) is 0. The molecule has 1 heterocycles. The molecule has 1 aromatic rings. The predicted molar refractivity (Wildman–Crippen MR) is 36.7 cm³/mol. The standard InChI is InChI=1S/C5H7BF3N2.K/c1-4-5(6(7,8)9)3-11(2)10-4;/h3H,1-2H3;/q-1;+1. The maximum absolute atomic E-state index is 12.1. The molecule has 1 aromatic heterocycles. The molecule has 0 aromatic carbocycles. The SMILES string of the molecule is Cc1nn(C)cc1[B-](F)(F)F.[K+]. The van der Waals surface area contributed by atoms with Gasteiger partial charge in [0.15, 0.2) is 0 Å². The summed E-state index contributed by atoms with van der Waals surface area (Å²) in [7, 11) is 1.47. The van der Waals surface area contributed by atoms with Crippen molar-refractivity contribution in [2.45, 2.75) is 6.92 Å². The molecule has 0 saturated carbocycles. The molecular formula is C5H7BF3KN2. The Morgan fingerprint density at radius 2 is 1.92 bits per heavy atom. The third kappa shape index (κ3) is 2.88. The molecule has 0 bridgehead atoms. The number of hydrogen-bond acceptors (Lipinski definition) is 1. The quantitative estimate of drug-likeness (QED) is 0.472. The van der Waals surface area contributed by atoms with Crippen LogP contribution in [0.15, 0.2) is 6.20 Å². The van der Waals surface area contributed by atoms with Gasteiger partial charge in [-0.3, -0.25) is 4.68 Å². The van der Waals surface area contributed by atoms with Crippen molar-refractivity contribution in [1.82, 2.24) is 9.78 Å². The number of aromatic nitrogens is 2. The fraction of sp³-hybridized carbons (Fsp3) is 0.400. The van der Waals surface area contributed by atoms with Crippen molar-refractivity contribution in [2.75, 3.05) is 0 Å². The topological polar surface area (TPSA) is 17.8 Å². The van der Waals surface area contributed by atoms with Gasteiger partial charge in [-0.25, -0.2) is 0 Å². The molecule has 0 amide bonds. The second-order valence-electron chi connectivity index (χ2n) is 2.42. The van der Waals surface area contributed by atoms with E-state index in [1.165, 1.54) is 18.7 Å². The maximum Gasteiger partial charge on any atom is 1.00 e. The zero-order valence-corrected chi connectivity index (χ0v) is 10.3. The first kappa shape index (κ1) is 12.7. The van der Waals surface area contributed by atoms with Crippen molar-refractivity contribution in [3.8, 4) is 0 Å². The molecule has 0 saturated heterocycles. The molecule has 1 rings (SSSR count). The molecule has 0 N–H and O–H groups in total. The average molecular weight is 202 g/mol. The second kappa shape index (κ2) is 4.28. The molecule has 0 unspecified atom stereocenters. The van der Waals surface area contributed by atoms with E-state index >= 15 is 0 Å². The van der Waals surface area contributed by atoms with Crippen molar-refractivity contribution in [3.05, 3.63) is 11.9 Å². The molecule has 2 nitrogen and oxygen atoms in total. The van der Waals surface area contributed by atoms with E-state index < -0.39 is 12.4 Å². The van der Waals surface area contributed by atoms with Crippen LogP contribution in [0.5, 0.6) is 0 Å². The first-order chi connectivity index (χ1) is 4.91. The van der Waals surface area contributed by atoms with Gasteiger partial charge in [-0.2, -0.15) is 5.10 Å². The van der Waals surface area contributed by atoms with Gasteiger partial charge in [0.2, 0.25) is 0 Å². The Balaban J connectivity index is 0.00000121. The van der Waals surface area contributed by atoms with Gasteiger partial charge >= 0.3 is 58.4 Å². The van der Waals surface area contributed by atoms with Crippen molar-refractivity contribution < 1.29 is 64.3 Å². The van der Waals surface area contributed by atoms with E-state index in [4.69, 9.17) is 0 Å². The van der Waals surface area contributed by atoms with Crippen molar-refractivity contribution in [3.63, 3.8) is 0 Å². The van der Waals surface area contributed by atoms with Gasteiger partial charge in [0.1, 0.15) is 0 Å². The van der Waals surface area contributed by atoms with E-state index in [0.29, 0.717) is 0 Å². The Labute approximate surface area is 111 Å². The normalized spacial score (nSPS) is 11.1.